The Balaban J connectivity index is 1.99. The molecular weight excluding hydrogens is 394 g/mol. The number of allylic oxidation sites excluding steroid dienone is 1. The van der Waals surface area contributed by atoms with E-state index in [1.54, 1.807) is 35.7 Å². The molecule has 2 aromatic carbocycles. The lowest BCUT2D eigenvalue weighted by Crippen LogP contribution is -2.17. The average molecular weight is 422 g/mol. The maximum atomic E-state index is 12.7. The van der Waals surface area contributed by atoms with Crippen molar-refractivity contribution in [3.05, 3.63) is 73.7 Å². The second-order valence-corrected chi connectivity index (χ2v) is 10.4. The Hall–Kier alpha value is -2.79. The van der Waals surface area contributed by atoms with Gasteiger partial charge in [-0.15, -0.1) is 0 Å². The summed E-state index contributed by atoms with van der Waals surface area (Å²) in [6, 6.07) is 9.01. The molecule has 0 spiro atoms. The van der Waals surface area contributed by atoms with Gasteiger partial charge in [0, 0.05) is 27.5 Å². The van der Waals surface area contributed by atoms with Gasteiger partial charge in [-0.05, 0) is 52.8 Å². The summed E-state index contributed by atoms with van der Waals surface area (Å²) in [4.78, 5) is 27.8. The third-order valence-corrected chi connectivity index (χ3v) is 5.65. The minimum absolute atomic E-state index is 0.129. The van der Waals surface area contributed by atoms with Crippen molar-refractivity contribution in [2.75, 3.05) is 0 Å². The van der Waals surface area contributed by atoms with Gasteiger partial charge in [-0.1, -0.05) is 59.0 Å². The van der Waals surface area contributed by atoms with E-state index in [1.165, 1.54) is 0 Å². The van der Waals surface area contributed by atoms with Gasteiger partial charge in [0.05, 0.1) is 5.52 Å². The van der Waals surface area contributed by atoms with Gasteiger partial charge in [-0.2, -0.15) is 4.98 Å². The smallest absolute Gasteiger partial charge is 0.326 e. The van der Waals surface area contributed by atoms with E-state index < -0.39 is 0 Å². The first-order chi connectivity index (χ1) is 13.9. The Bertz CT molecular complexity index is 1170. The molecule has 0 saturated carbocycles. The lowest BCUT2D eigenvalue weighted by Gasteiger charge is -2.27. The molecule has 3 rings (SSSR count). The van der Waals surface area contributed by atoms with E-state index in [9.17, 15) is 14.7 Å². The number of fused-ring (bicyclic) bond motifs is 1. The summed E-state index contributed by atoms with van der Waals surface area (Å²) in [5, 5.41) is 13.3. The molecule has 0 atom stereocenters. The summed E-state index contributed by atoms with van der Waals surface area (Å²) < 4.78 is 0. The van der Waals surface area contributed by atoms with E-state index in [2.05, 4.69) is 46.5 Å². The Morgan fingerprint density at radius 2 is 1.60 bits per heavy atom. The number of benzene rings is 2. The van der Waals surface area contributed by atoms with Crippen molar-refractivity contribution in [3.63, 3.8) is 0 Å². The van der Waals surface area contributed by atoms with Gasteiger partial charge in [0.15, 0.2) is 5.78 Å². The molecule has 0 bridgehead atoms. The minimum atomic E-state index is -0.252. The van der Waals surface area contributed by atoms with E-state index in [-0.39, 0.29) is 21.5 Å². The van der Waals surface area contributed by atoms with Crippen LogP contribution in [0.5, 0.6) is 5.75 Å². The van der Waals surface area contributed by atoms with Crippen molar-refractivity contribution < 1.29 is 9.90 Å². The van der Waals surface area contributed by atoms with Crippen molar-refractivity contribution in [1.82, 2.24) is 4.98 Å². The molecule has 156 valence electrons. The molecule has 4 nitrogen and oxygen atoms in total. The topological polar surface area (TPSA) is 67.3 Å². The number of rotatable bonds is 3. The fraction of sp³-hybridized carbons (Fsp3) is 0.320. The second-order valence-electron chi connectivity index (χ2n) is 9.55. The lowest BCUT2D eigenvalue weighted by atomic mass is 9.78. The molecule has 1 aromatic heterocycles. The highest BCUT2D eigenvalue weighted by atomic mass is 32.1. The first kappa shape index (κ1) is 21.9. The maximum Gasteiger partial charge on any atom is 0.326 e. The maximum absolute atomic E-state index is 12.7. The highest BCUT2D eigenvalue weighted by Gasteiger charge is 2.26. The van der Waals surface area contributed by atoms with Crippen LogP contribution in [0.3, 0.4) is 0 Å². The third kappa shape index (κ3) is 4.68. The average Bonchev–Trinajstić information content (AvgIpc) is 2.64. The summed E-state index contributed by atoms with van der Waals surface area (Å²) in [7, 11) is 0. The molecule has 5 heteroatoms. The van der Waals surface area contributed by atoms with Gasteiger partial charge in [-0.3, -0.25) is 9.59 Å². The van der Waals surface area contributed by atoms with E-state index >= 15 is 0 Å². The van der Waals surface area contributed by atoms with Gasteiger partial charge in [0.1, 0.15) is 5.75 Å². The zero-order valence-corrected chi connectivity index (χ0v) is 19.1. The third-order valence-electron chi connectivity index (χ3n) is 4.99. The van der Waals surface area contributed by atoms with Gasteiger partial charge in [0.2, 0.25) is 0 Å². The van der Waals surface area contributed by atoms with Crippen molar-refractivity contribution in [1.29, 1.82) is 0 Å². The first-order valence-corrected chi connectivity index (χ1v) is 10.7. The Kier molecular flexibility index (Phi) is 5.70. The van der Waals surface area contributed by atoms with Crippen LogP contribution in [0.25, 0.3) is 17.0 Å². The van der Waals surface area contributed by atoms with Crippen LogP contribution in [0, 0.1) is 0 Å². The highest BCUT2D eigenvalue weighted by molar-refractivity contribution is 7.07. The zero-order chi connectivity index (χ0) is 22.3. The van der Waals surface area contributed by atoms with Crippen LogP contribution < -0.4 is 4.87 Å². The predicted molar refractivity (Wildman–Crippen MR) is 125 cm³/mol. The van der Waals surface area contributed by atoms with Gasteiger partial charge >= 0.3 is 4.87 Å². The van der Waals surface area contributed by atoms with Gasteiger partial charge < -0.3 is 5.11 Å². The first-order valence-electron chi connectivity index (χ1n) is 9.86. The number of hydrogen-bond acceptors (Lipinski definition) is 5. The van der Waals surface area contributed by atoms with Crippen LogP contribution in [0.15, 0.2) is 46.6 Å². The fourth-order valence-electron chi connectivity index (χ4n) is 3.31. The highest BCUT2D eigenvalue weighted by Crippen LogP contribution is 2.40. The van der Waals surface area contributed by atoms with E-state index in [1.807, 2.05) is 12.1 Å². The Morgan fingerprint density at radius 1 is 1.00 bits per heavy atom. The van der Waals surface area contributed by atoms with Crippen LogP contribution >= 0.6 is 11.3 Å². The fourth-order valence-corrected chi connectivity index (χ4v) is 3.87. The van der Waals surface area contributed by atoms with Crippen LogP contribution in [0.4, 0.5) is 0 Å². The number of aromatic hydroxyl groups is 1. The molecule has 0 saturated heterocycles. The molecular formula is C25H27NO3S. The number of phenolic OH excluding ortho intramolecular Hbond substituents is 1. The zero-order valence-electron chi connectivity index (χ0n) is 18.2. The largest absolute Gasteiger partial charge is 0.507 e. The molecule has 0 aliphatic rings. The van der Waals surface area contributed by atoms with Crippen LogP contribution in [-0.2, 0) is 10.8 Å². The number of ketones is 1. The summed E-state index contributed by atoms with van der Waals surface area (Å²) in [6.45, 7) is 12.4. The van der Waals surface area contributed by atoms with Crippen LogP contribution in [-0.4, -0.2) is 15.9 Å². The van der Waals surface area contributed by atoms with E-state index in [0.29, 0.717) is 16.8 Å². The Labute approximate surface area is 180 Å². The lowest BCUT2D eigenvalue weighted by molar-refractivity contribution is 0.104. The molecule has 0 aliphatic carbocycles. The SMILES string of the molecule is CC(C)(C)c1cc(C=CC(=O)c2ccc3nc(=O)scc3c2)cc(C(C)(C)C)c1O. The predicted octanol–water partition coefficient (Wildman–Crippen LogP) is 5.85. The molecule has 0 amide bonds. The molecule has 0 radical (unpaired) electrons. The van der Waals surface area contributed by atoms with Gasteiger partial charge in [-0.25, -0.2) is 0 Å². The molecule has 0 aliphatic heterocycles. The minimum Gasteiger partial charge on any atom is -0.507 e. The van der Waals surface area contributed by atoms with Gasteiger partial charge in [0.25, 0.3) is 0 Å². The Morgan fingerprint density at radius 3 is 2.17 bits per heavy atom. The van der Waals surface area contributed by atoms with Crippen molar-refractivity contribution in [3.8, 4) is 5.75 Å². The monoisotopic (exact) mass is 421 g/mol. The van der Waals surface area contributed by atoms with Crippen molar-refractivity contribution >= 4 is 34.1 Å². The molecule has 1 heterocycles. The summed E-state index contributed by atoms with van der Waals surface area (Å²) in [5.74, 6) is 0.190. The molecule has 30 heavy (non-hydrogen) atoms. The normalized spacial score (nSPS) is 12.6. The van der Waals surface area contributed by atoms with Crippen molar-refractivity contribution in [2.45, 2.75) is 52.4 Å². The summed E-state index contributed by atoms with van der Waals surface area (Å²) >= 11 is 1.02. The van der Waals surface area contributed by atoms with Crippen LogP contribution in [0.2, 0.25) is 0 Å². The summed E-state index contributed by atoms with van der Waals surface area (Å²) in [5.41, 5.74) is 3.24. The molecule has 3 aromatic rings. The number of nitrogens with zero attached hydrogens (tertiary/aromatic N) is 1. The number of phenols is 1. The number of carbonyl (C=O) groups is 1. The second kappa shape index (κ2) is 7.80. The van der Waals surface area contributed by atoms with Crippen LogP contribution in [0.1, 0.15) is 68.6 Å². The molecule has 1 N–H and O–H groups in total. The quantitative estimate of drug-likeness (QED) is 0.425. The molecule has 0 fully saturated rings. The van der Waals surface area contributed by atoms with Crippen molar-refractivity contribution in [2.24, 2.45) is 0 Å². The number of carbonyl (C=O) groups excluding carboxylic acids is 1. The van der Waals surface area contributed by atoms with E-state index in [4.69, 9.17) is 0 Å². The standard InChI is InChI=1S/C25H27NO3S/c1-24(2,3)18-11-15(12-19(22(18)28)25(4,5)6)7-10-21(27)16-8-9-20-17(13-16)14-30-23(29)26-20/h7-14,28H,1-6H3. The summed E-state index contributed by atoms with van der Waals surface area (Å²) in [6.07, 6.45) is 3.34. The molecule has 0 unspecified atom stereocenters. The number of hydrogen-bond donors (Lipinski definition) is 1. The van der Waals surface area contributed by atoms with E-state index in [0.717, 1.165) is 33.4 Å². The number of aromatic nitrogens is 1.